The highest BCUT2D eigenvalue weighted by molar-refractivity contribution is 7.26. The molecule has 6 heteroatoms. The lowest BCUT2D eigenvalue weighted by molar-refractivity contribution is 0.254. The third-order valence-electron chi connectivity index (χ3n) is 32.6. The second-order valence-electron chi connectivity index (χ2n) is 39.0. The molecule has 4 aromatic heterocycles. The van der Waals surface area contributed by atoms with Gasteiger partial charge in [-0.2, -0.15) is 0 Å². The highest BCUT2D eigenvalue weighted by atomic mass is 32.1. The Morgan fingerprint density at radius 2 is 0.614 bits per heavy atom. The molecule has 4 spiro atoms. The van der Waals surface area contributed by atoms with Crippen molar-refractivity contribution in [1.29, 1.82) is 0 Å². The Hall–Kier alpha value is -17.0. The maximum Gasteiger partial charge on any atom is 0.160 e. The summed E-state index contributed by atoms with van der Waals surface area (Å²) in [7, 11) is 0. The number of nitrogens with zero attached hydrogens (tertiary/aromatic N) is 4. The molecule has 31 rings (SSSR count). The molecule has 20 aromatic carbocycles. The largest absolute Gasteiger partial charge is 0.228 e. The topological polar surface area (TPSA) is 51.6 Å². The van der Waals surface area contributed by atoms with Gasteiger partial charge in [0.05, 0.1) is 44.4 Å². The lowest BCUT2D eigenvalue weighted by atomic mass is 9.45. The van der Waals surface area contributed by atoms with Crippen LogP contribution in [0.25, 0.3) is 196 Å². The number of hydrogen-bond acceptors (Lipinski definition) is 6. The monoisotopic (exact) mass is 1810 g/mol. The molecule has 648 valence electrons. The minimum absolute atomic E-state index is 0.0199. The molecule has 24 aromatic rings. The maximum atomic E-state index is 5.80. The van der Waals surface area contributed by atoms with Crippen LogP contribution in [-0.4, -0.2) is 19.9 Å². The van der Waals surface area contributed by atoms with Crippen LogP contribution in [0.1, 0.15) is 77.9 Å². The third kappa shape index (κ3) is 10.5. The van der Waals surface area contributed by atoms with E-state index >= 15 is 0 Å². The van der Waals surface area contributed by atoms with E-state index in [1.807, 2.05) is 22.7 Å². The Labute approximate surface area is 817 Å². The molecule has 0 saturated carbocycles. The van der Waals surface area contributed by atoms with E-state index in [4.69, 9.17) is 19.9 Å². The molecular formula is C134H80N4S2. The van der Waals surface area contributed by atoms with Crippen LogP contribution in [0.2, 0.25) is 0 Å². The van der Waals surface area contributed by atoms with E-state index in [1.165, 1.54) is 168 Å². The molecular weight excluding hydrogens is 1730 g/mol. The normalized spacial score (nSPS) is 16.4. The van der Waals surface area contributed by atoms with Gasteiger partial charge in [0.1, 0.15) is 0 Å². The number of allylic oxidation sites excluding steroid dienone is 4. The first-order chi connectivity index (χ1) is 69.4. The lowest BCUT2D eigenvalue weighted by Crippen LogP contribution is -2.53. The molecule has 3 atom stereocenters. The minimum Gasteiger partial charge on any atom is -0.228 e. The second kappa shape index (κ2) is 29.3. The number of thiophene rings is 2. The maximum absolute atomic E-state index is 5.80. The molecule has 4 heterocycles. The fraction of sp³-hybridized carbons (Fsp3) is 0.0448. The molecule has 4 nitrogen and oxygen atoms in total. The summed E-state index contributed by atoms with van der Waals surface area (Å²) >= 11 is 3.84. The Morgan fingerprint density at radius 1 is 0.186 bits per heavy atom. The average molecular weight is 1810 g/mol. The quantitative estimate of drug-likeness (QED) is 0.152. The van der Waals surface area contributed by atoms with Gasteiger partial charge in [-0.3, -0.25) is 0 Å². The number of aromatic nitrogens is 4. The van der Waals surface area contributed by atoms with E-state index in [2.05, 4.69) is 473 Å². The van der Waals surface area contributed by atoms with Crippen LogP contribution < -0.4 is 0 Å². The zero-order valence-corrected chi connectivity index (χ0v) is 77.4. The van der Waals surface area contributed by atoms with Crippen molar-refractivity contribution < 1.29 is 0 Å². The Bertz CT molecular complexity index is 9510. The first-order valence-electron chi connectivity index (χ1n) is 48.7. The summed E-state index contributed by atoms with van der Waals surface area (Å²) in [5.74, 6) is 1.33. The molecule has 0 bridgehead atoms. The number of fused-ring (bicyclic) bond motifs is 41. The second-order valence-corrected chi connectivity index (χ2v) is 41.1. The summed E-state index contributed by atoms with van der Waals surface area (Å²) in [5.41, 5.74) is 40.4. The Morgan fingerprint density at radius 3 is 1.32 bits per heavy atom. The van der Waals surface area contributed by atoms with Crippen LogP contribution in [0.15, 0.2) is 473 Å². The van der Waals surface area contributed by atoms with Gasteiger partial charge in [-0.05, 0) is 227 Å². The number of hydrogen-bond donors (Lipinski definition) is 0. The molecule has 0 aliphatic heterocycles. The van der Waals surface area contributed by atoms with Gasteiger partial charge in [0.2, 0.25) is 0 Å². The van der Waals surface area contributed by atoms with Crippen molar-refractivity contribution in [2.45, 2.75) is 21.7 Å². The van der Waals surface area contributed by atoms with Crippen molar-refractivity contribution >= 4 is 84.6 Å². The van der Waals surface area contributed by atoms with Crippen LogP contribution >= 0.6 is 22.7 Å². The van der Waals surface area contributed by atoms with Crippen LogP contribution in [0.3, 0.4) is 0 Å². The molecule has 7 aliphatic rings. The van der Waals surface area contributed by atoms with Crippen LogP contribution in [0.5, 0.6) is 0 Å². The van der Waals surface area contributed by atoms with Crippen LogP contribution in [0, 0.1) is 11.8 Å². The minimum atomic E-state index is -0.725. The first-order valence-corrected chi connectivity index (χ1v) is 50.3. The SMILES string of the molecule is C1=CC2C(C=C1)C1(c3ccc(-c4cc(-c5ccccc5)nc(-c5ccc6ccccc6c5)n4)cc3-c3cc4sc5c(-c6cccc(-c7nc(-c8cccc(-c9ccc%10c(c9)C9(c%11ccccc%11C%11(c%12ccccc%12-c%12ccccc%12%11)c%11ccccc%119)c9c-%10ccc%10c9sc9ccccc9%10)c8)cc(-c8cccc9ccccc89)n7)c6)cccc5c4cc31)c1ccccc1C21c2ccccc2-c2ccccc21. The van der Waals surface area contributed by atoms with E-state index in [9.17, 15) is 0 Å². The summed E-state index contributed by atoms with van der Waals surface area (Å²) < 4.78 is 5.09. The van der Waals surface area contributed by atoms with Crippen molar-refractivity contribution in [2.75, 3.05) is 0 Å². The van der Waals surface area contributed by atoms with Crippen LogP contribution in [-0.2, 0) is 21.7 Å². The molecule has 3 unspecified atom stereocenters. The fourth-order valence-electron chi connectivity index (χ4n) is 27.1. The van der Waals surface area contributed by atoms with Gasteiger partial charge in [-0.15, -0.1) is 22.7 Å². The molecule has 0 amide bonds. The van der Waals surface area contributed by atoms with Crippen LogP contribution in [0.4, 0.5) is 0 Å². The van der Waals surface area contributed by atoms with Crippen molar-refractivity contribution in [3.8, 4) is 135 Å². The van der Waals surface area contributed by atoms with E-state index in [1.54, 1.807) is 0 Å². The fourth-order valence-corrected chi connectivity index (χ4v) is 29.7. The zero-order valence-electron chi connectivity index (χ0n) is 75.8. The molecule has 0 N–H and O–H groups in total. The predicted molar refractivity (Wildman–Crippen MR) is 579 cm³/mol. The van der Waals surface area contributed by atoms with Gasteiger partial charge in [-0.25, -0.2) is 19.9 Å². The molecule has 0 fully saturated rings. The molecule has 7 aliphatic carbocycles. The zero-order chi connectivity index (χ0) is 91.4. The highest BCUT2D eigenvalue weighted by Gasteiger charge is 2.65. The summed E-state index contributed by atoms with van der Waals surface area (Å²) in [4.78, 5) is 22.5. The van der Waals surface area contributed by atoms with Crippen molar-refractivity contribution in [1.82, 2.24) is 19.9 Å². The Balaban J connectivity index is 0.573. The summed E-state index contributed by atoms with van der Waals surface area (Å²) in [6.45, 7) is 0. The standard InChI is InChI=1S/C134H80N4S2/c1-2-32-81(33-3-1)120-77-121(136-130(135-120)89-63-62-79-30-4-5-34-82(79)71-89)87-65-69-109-102(73-87)103-76-125-104(75-119(103)133(109)112-55-19-17-53-110(112)131(111-54-18-20-56-113(111)133)105-49-13-8-41-92(105)93-42-9-14-50-106(93)131)100-48-29-46-91(127(100)140-125)85-37-27-39-88(72-85)129-137-122(78-123(138-129)97-47-28-35-80-31-6-7-40-90(80)97)86-38-26-36-83(70-86)84-64-66-96-99-67-68-101-98-45-12-25-61-124(98)139-128(101)126(99)134(118(96)74-84)116-59-23-21-57-114(116)132(115-58-22-24-60-117(115)134)107-51-15-10-43-94(107)95-44-11-16-52-108(95)132/h1-78,110,112H. The third-order valence-corrected chi connectivity index (χ3v) is 35.0. The number of rotatable bonds is 8. The van der Waals surface area contributed by atoms with E-state index in [-0.39, 0.29) is 11.8 Å². The predicted octanol–water partition coefficient (Wildman–Crippen LogP) is 33.7. The highest BCUT2D eigenvalue weighted by Crippen LogP contribution is 2.73. The molecule has 0 radical (unpaired) electrons. The number of benzene rings is 20. The van der Waals surface area contributed by atoms with Gasteiger partial charge in [-0.1, -0.05) is 413 Å². The summed E-state index contributed by atoms with van der Waals surface area (Å²) in [5, 5.41) is 9.67. The van der Waals surface area contributed by atoms with E-state index < -0.39 is 21.7 Å². The molecule has 0 saturated heterocycles. The van der Waals surface area contributed by atoms with Crippen molar-refractivity contribution in [3.05, 3.63) is 551 Å². The summed E-state index contributed by atoms with van der Waals surface area (Å²) in [6.07, 6.45) is 9.82. The van der Waals surface area contributed by atoms with Gasteiger partial charge in [0.15, 0.2) is 11.6 Å². The summed E-state index contributed by atoms with van der Waals surface area (Å²) in [6, 6.07) is 170. The average Bonchev–Trinajstić information content (AvgIpc) is 1.47. The van der Waals surface area contributed by atoms with Crippen molar-refractivity contribution in [2.24, 2.45) is 11.8 Å². The van der Waals surface area contributed by atoms with Crippen molar-refractivity contribution in [3.63, 3.8) is 0 Å². The van der Waals surface area contributed by atoms with Gasteiger partial charge < -0.3 is 0 Å². The van der Waals surface area contributed by atoms with E-state index in [0.29, 0.717) is 11.6 Å². The smallest absolute Gasteiger partial charge is 0.160 e. The Kier molecular flexibility index (Phi) is 16.4. The lowest BCUT2D eigenvalue weighted by Gasteiger charge is -2.56. The van der Waals surface area contributed by atoms with Gasteiger partial charge >= 0.3 is 0 Å². The van der Waals surface area contributed by atoms with E-state index in [0.717, 1.165) is 94.6 Å². The van der Waals surface area contributed by atoms with Gasteiger partial charge in [0.25, 0.3) is 0 Å². The van der Waals surface area contributed by atoms with Gasteiger partial charge in [0, 0.05) is 85.6 Å². The molecule has 140 heavy (non-hydrogen) atoms. The first kappa shape index (κ1) is 78.2.